The largest absolute Gasteiger partial charge is 0.396 e. The molecule has 0 unspecified atom stereocenters. The lowest BCUT2D eigenvalue weighted by atomic mass is 9.68. The third kappa shape index (κ3) is 3.58. The number of hydrogen-bond donors (Lipinski definition) is 2. The number of aromatic nitrogens is 2. The van der Waals surface area contributed by atoms with Crippen LogP contribution in [-0.4, -0.2) is 69.2 Å². The van der Waals surface area contributed by atoms with Gasteiger partial charge in [0, 0.05) is 36.8 Å². The average Bonchev–Trinajstić information content (AvgIpc) is 3.30. The van der Waals surface area contributed by atoms with Gasteiger partial charge in [-0.1, -0.05) is 12.1 Å². The van der Waals surface area contributed by atoms with Crippen molar-refractivity contribution in [1.29, 1.82) is 0 Å². The number of piperidine rings is 2. The number of carbonyl (C=O) groups is 2. The van der Waals surface area contributed by atoms with Crippen molar-refractivity contribution in [1.82, 2.24) is 20.0 Å². The molecule has 4 rings (SSSR count). The Morgan fingerprint density at radius 3 is 2.80 bits per heavy atom. The number of fused-ring (bicyclic) bond motifs is 1. The Kier molecular flexibility index (Phi) is 5.55. The van der Waals surface area contributed by atoms with E-state index < -0.39 is 17.0 Å². The lowest BCUT2D eigenvalue weighted by Gasteiger charge is -2.54. The second-order valence-corrected chi connectivity index (χ2v) is 8.09. The van der Waals surface area contributed by atoms with Gasteiger partial charge < -0.3 is 14.9 Å². The van der Waals surface area contributed by atoms with Crippen LogP contribution in [0.25, 0.3) is 0 Å². The fourth-order valence-electron chi connectivity index (χ4n) is 4.72. The van der Waals surface area contributed by atoms with Crippen LogP contribution in [0.3, 0.4) is 0 Å². The van der Waals surface area contributed by atoms with Gasteiger partial charge in [0.25, 0.3) is 5.91 Å². The molecule has 1 aromatic heterocycles. The first-order valence-corrected chi connectivity index (χ1v) is 10.1. The third-order valence-electron chi connectivity index (χ3n) is 6.46. The zero-order valence-electron chi connectivity index (χ0n) is 16.5. The molecule has 0 bridgehead atoms. The summed E-state index contributed by atoms with van der Waals surface area (Å²) >= 11 is 0. The normalized spacial score (nSPS) is 23.9. The van der Waals surface area contributed by atoms with Crippen molar-refractivity contribution in [2.45, 2.75) is 31.7 Å². The highest BCUT2D eigenvalue weighted by atomic mass is 19.2. The molecule has 2 amide bonds. The Bertz CT molecular complexity index is 936. The smallest absolute Gasteiger partial charge is 0.272 e. The molecule has 0 aliphatic carbocycles. The van der Waals surface area contributed by atoms with Gasteiger partial charge in [-0.15, -0.1) is 0 Å². The molecular formula is C21H24F2N4O3. The number of aliphatic hydroxyl groups excluding tert-OH is 1. The van der Waals surface area contributed by atoms with E-state index in [1.165, 1.54) is 18.3 Å². The van der Waals surface area contributed by atoms with Crippen LogP contribution >= 0.6 is 0 Å². The van der Waals surface area contributed by atoms with Crippen LogP contribution in [0.15, 0.2) is 30.5 Å². The monoisotopic (exact) mass is 418 g/mol. The number of nitrogens with zero attached hydrogens (tertiary/aromatic N) is 3. The summed E-state index contributed by atoms with van der Waals surface area (Å²) in [6, 6.07) is 5.02. The highest BCUT2D eigenvalue weighted by Crippen LogP contribution is 2.42. The number of carbonyl (C=O) groups excluding carboxylic acids is 2. The summed E-state index contributed by atoms with van der Waals surface area (Å²) in [5.74, 6) is -2.55. The number of benzene rings is 1. The molecule has 160 valence electrons. The number of amides is 2. The maximum Gasteiger partial charge on any atom is 0.272 e. The molecule has 2 saturated heterocycles. The zero-order valence-corrected chi connectivity index (χ0v) is 16.5. The molecule has 1 aromatic carbocycles. The molecule has 0 saturated carbocycles. The first-order valence-electron chi connectivity index (χ1n) is 10.1. The van der Waals surface area contributed by atoms with Gasteiger partial charge in [-0.2, -0.15) is 5.10 Å². The molecule has 2 atom stereocenters. The number of hydrogen-bond acceptors (Lipinski definition) is 4. The number of halogens is 2. The third-order valence-corrected chi connectivity index (χ3v) is 6.46. The van der Waals surface area contributed by atoms with Crippen molar-refractivity contribution < 1.29 is 23.5 Å². The first kappa shape index (κ1) is 20.5. The number of nitrogens with one attached hydrogen (secondary N) is 1. The average molecular weight is 418 g/mol. The molecule has 9 heteroatoms. The van der Waals surface area contributed by atoms with Crippen LogP contribution < -0.4 is 0 Å². The number of rotatable bonds is 4. The summed E-state index contributed by atoms with van der Waals surface area (Å²) in [5.41, 5.74) is -0.114. The fraction of sp³-hybridized carbons (Fsp3) is 0.476. The standard InChI is InChI=1S/C21H24F2N4O3/c22-15-4-1-3-14(19(15)23)11-18(29)26-10-7-21(13-28)6-2-9-27(17(21)12-26)20(30)16-5-8-24-25-16/h1,3-5,8,17,28H,2,6-7,9-13H2,(H,24,25)/t17-,21-/m0/s1. The van der Waals surface area contributed by atoms with E-state index >= 15 is 0 Å². The summed E-state index contributed by atoms with van der Waals surface area (Å²) in [4.78, 5) is 29.1. The fourth-order valence-corrected chi connectivity index (χ4v) is 4.72. The van der Waals surface area contributed by atoms with E-state index in [4.69, 9.17) is 0 Å². The predicted octanol–water partition coefficient (Wildman–Crippen LogP) is 1.75. The van der Waals surface area contributed by atoms with Gasteiger partial charge in [0.1, 0.15) is 5.69 Å². The second-order valence-electron chi connectivity index (χ2n) is 8.09. The van der Waals surface area contributed by atoms with Crippen LogP contribution in [0, 0.1) is 17.0 Å². The van der Waals surface area contributed by atoms with Crippen LogP contribution in [0.5, 0.6) is 0 Å². The van der Waals surface area contributed by atoms with Gasteiger partial charge in [0.2, 0.25) is 5.91 Å². The molecule has 0 radical (unpaired) electrons. The van der Waals surface area contributed by atoms with Gasteiger partial charge in [0.05, 0.1) is 19.1 Å². The molecule has 7 nitrogen and oxygen atoms in total. The summed E-state index contributed by atoms with van der Waals surface area (Å²) < 4.78 is 27.5. The van der Waals surface area contributed by atoms with Gasteiger partial charge in [-0.25, -0.2) is 8.78 Å². The van der Waals surface area contributed by atoms with E-state index in [2.05, 4.69) is 10.2 Å². The quantitative estimate of drug-likeness (QED) is 0.792. The van der Waals surface area contributed by atoms with Crippen LogP contribution in [-0.2, 0) is 11.2 Å². The molecule has 0 spiro atoms. The number of H-pyrrole nitrogens is 1. The minimum absolute atomic E-state index is 0.00744. The summed E-state index contributed by atoms with van der Waals surface area (Å²) in [6.07, 6.45) is 3.32. The van der Waals surface area contributed by atoms with E-state index in [0.717, 1.165) is 18.9 Å². The summed E-state index contributed by atoms with van der Waals surface area (Å²) in [7, 11) is 0. The second kappa shape index (κ2) is 8.14. The Morgan fingerprint density at radius 1 is 1.23 bits per heavy atom. The minimum Gasteiger partial charge on any atom is -0.396 e. The Labute approximate surface area is 172 Å². The molecular weight excluding hydrogens is 394 g/mol. The molecule has 3 heterocycles. The Balaban J connectivity index is 1.55. The van der Waals surface area contributed by atoms with Gasteiger partial charge >= 0.3 is 0 Å². The highest BCUT2D eigenvalue weighted by molar-refractivity contribution is 5.92. The van der Waals surface area contributed by atoms with E-state index in [9.17, 15) is 23.5 Å². The lowest BCUT2D eigenvalue weighted by Crippen LogP contribution is -2.64. The molecule has 2 aliphatic heterocycles. The van der Waals surface area contributed by atoms with Crippen molar-refractivity contribution in [2.24, 2.45) is 5.41 Å². The van der Waals surface area contributed by atoms with Crippen LogP contribution in [0.2, 0.25) is 0 Å². The van der Waals surface area contributed by atoms with Crippen LogP contribution in [0.4, 0.5) is 8.78 Å². The minimum atomic E-state index is -1.01. The van der Waals surface area contributed by atoms with Crippen molar-refractivity contribution in [3.8, 4) is 0 Å². The molecule has 2 aromatic rings. The first-order chi connectivity index (χ1) is 14.4. The molecule has 2 fully saturated rings. The SMILES string of the molecule is O=C(Cc1cccc(F)c1F)N1CC[C@]2(CO)CCCN(C(=O)c3ccn[nH]3)[C@H]2C1. The molecule has 2 aliphatic rings. The van der Waals surface area contributed by atoms with E-state index in [1.54, 1.807) is 15.9 Å². The number of aromatic amines is 1. The maximum atomic E-state index is 14.0. The Hall–Kier alpha value is -2.81. The van der Waals surface area contributed by atoms with Gasteiger partial charge in [0.15, 0.2) is 11.6 Å². The predicted molar refractivity (Wildman–Crippen MR) is 103 cm³/mol. The van der Waals surface area contributed by atoms with Gasteiger partial charge in [-0.05, 0) is 31.4 Å². The van der Waals surface area contributed by atoms with Crippen molar-refractivity contribution >= 4 is 11.8 Å². The summed E-state index contributed by atoms with van der Waals surface area (Å²) in [5, 5.41) is 16.7. The van der Waals surface area contributed by atoms with Crippen molar-refractivity contribution in [3.05, 3.63) is 53.4 Å². The highest BCUT2D eigenvalue weighted by Gasteiger charge is 2.49. The number of likely N-dealkylation sites (tertiary alicyclic amines) is 2. The Morgan fingerprint density at radius 2 is 2.07 bits per heavy atom. The van der Waals surface area contributed by atoms with E-state index in [-0.39, 0.29) is 43.0 Å². The topological polar surface area (TPSA) is 89.5 Å². The van der Waals surface area contributed by atoms with Crippen molar-refractivity contribution in [2.75, 3.05) is 26.2 Å². The van der Waals surface area contributed by atoms with E-state index in [0.29, 0.717) is 25.2 Å². The summed E-state index contributed by atoms with van der Waals surface area (Å²) in [6.45, 7) is 1.09. The lowest BCUT2D eigenvalue weighted by molar-refractivity contribution is -0.138. The zero-order chi connectivity index (χ0) is 21.3. The number of aliphatic hydroxyl groups is 1. The van der Waals surface area contributed by atoms with Crippen molar-refractivity contribution in [3.63, 3.8) is 0 Å². The molecule has 30 heavy (non-hydrogen) atoms. The van der Waals surface area contributed by atoms with E-state index in [1.807, 2.05) is 0 Å². The molecule has 2 N–H and O–H groups in total. The van der Waals surface area contributed by atoms with Gasteiger partial charge in [-0.3, -0.25) is 14.7 Å². The van der Waals surface area contributed by atoms with Crippen LogP contribution in [0.1, 0.15) is 35.3 Å². The maximum absolute atomic E-state index is 14.0.